The highest BCUT2D eigenvalue weighted by atomic mass is 35.5. The summed E-state index contributed by atoms with van der Waals surface area (Å²) in [5, 5.41) is 12.2. The van der Waals surface area contributed by atoms with Gasteiger partial charge in [0, 0.05) is 23.3 Å². The van der Waals surface area contributed by atoms with E-state index in [0.717, 1.165) is 11.3 Å². The SMILES string of the molecule is C/C(=C/C(=O)O)CNc1cccc(Cl)c1. The Kier molecular flexibility index (Phi) is 4.18. The van der Waals surface area contributed by atoms with Crippen molar-refractivity contribution in [3.63, 3.8) is 0 Å². The molecular weight excluding hydrogens is 214 g/mol. The van der Waals surface area contributed by atoms with Crippen molar-refractivity contribution in [1.82, 2.24) is 0 Å². The van der Waals surface area contributed by atoms with Crippen molar-refractivity contribution in [2.24, 2.45) is 0 Å². The minimum Gasteiger partial charge on any atom is -0.478 e. The average Bonchev–Trinajstić information content (AvgIpc) is 2.14. The van der Waals surface area contributed by atoms with Crippen molar-refractivity contribution < 1.29 is 9.90 Å². The van der Waals surface area contributed by atoms with Crippen molar-refractivity contribution in [3.05, 3.63) is 40.9 Å². The van der Waals surface area contributed by atoms with Gasteiger partial charge in [0.25, 0.3) is 0 Å². The zero-order valence-electron chi connectivity index (χ0n) is 8.33. The van der Waals surface area contributed by atoms with Crippen LogP contribution in [-0.4, -0.2) is 17.6 Å². The van der Waals surface area contributed by atoms with E-state index < -0.39 is 5.97 Å². The number of aliphatic carboxylic acids is 1. The van der Waals surface area contributed by atoms with E-state index >= 15 is 0 Å². The Morgan fingerprint density at radius 3 is 2.93 bits per heavy atom. The lowest BCUT2D eigenvalue weighted by Gasteiger charge is -2.06. The summed E-state index contributed by atoms with van der Waals surface area (Å²) < 4.78 is 0. The molecule has 1 rings (SSSR count). The molecule has 0 aliphatic carbocycles. The molecule has 0 aliphatic rings. The molecular formula is C11H12ClNO2. The first-order valence-electron chi connectivity index (χ1n) is 4.47. The highest BCUT2D eigenvalue weighted by molar-refractivity contribution is 6.30. The maximum atomic E-state index is 10.3. The Bertz CT molecular complexity index is 388. The molecule has 0 radical (unpaired) electrons. The van der Waals surface area contributed by atoms with Crippen LogP contribution in [-0.2, 0) is 4.79 Å². The molecule has 0 atom stereocenters. The second kappa shape index (κ2) is 5.41. The average molecular weight is 226 g/mol. The van der Waals surface area contributed by atoms with Gasteiger partial charge in [-0.2, -0.15) is 0 Å². The summed E-state index contributed by atoms with van der Waals surface area (Å²) in [7, 11) is 0. The Balaban J connectivity index is 2.54. The lowest BCUT2D eigenvalue weighted by molar-refractivity contribution is -0.131. The fourth-order valence-electron chi connectivity index (χ4n) is 1.10. The number of benzene rings is 1. The van der Waals surface area contributed by atoms with Gasteiger partial charge < -0.3 is 10.4 Å². The van der Waals surface area contributed by atoms with E-state index in [1.807, 2.05) is 12.1 Å². The van der Waals surface area contributed by atoms with Crippen molar-refractivity contribution >= 4 is 23.3 Å². The predicted molar refractivity (Wildman–Crippen MR) is 61.3 cm³/mol. The molecule has 1 aromatic carbocycles. The Morgan fingerprint density at radius 1 is 1.60 bits per heavy atom. The second-order valence-electron chi connectivity index (χ2n) is 3.19. The Hall–Kier alpha value is -1.48. The number of rotatable bonds is 4. The molecule has 2 N–H and O–H groups in total. The molecule has 0 aliphatic heterocycles. The number of carboxylic acid groups (broad SMARTS) is 1. The molecule has 0 heterocycles. The number of nitrogens with one attached hydrogen (secondary N) is 1. The van der Waals surface area contributed by atoms with Crippen LogP contribution in [0.3, 0.4) is 0 Å². The Morgan fingerprint density at radius 2 is 2.33 bits per heavy atom. The third-order valence-corrected chi connectivity index (χ3v) is 2.00. The van der Waals surface area contributed by atoms with Gasteiger partial charge in [0.2, 0.25) is 0 Å². The smallest absolute Gasteiger partial charge is 0.328 e. The number of hydrogen-bond acceptors (Lipinski definition) is 2. The summed E-state index contributed by atoms with van der Waals surface area (Å²) in [5.41, 5.74) is 1.63. The zero-order chi connectivity index (χ0) is 11.3. The molecule has 4 heteroatoms. The van der Waals surface area contributed by atoms with Crippen molar-refractivity contribution in [2.45, 2.75) is 6.92 Å². The van der Waals surface area contributed by atoms with Crippen LogP contribution in [0.15, 0.2) is 35.9 Å². The topological polar surface area (TPSA) is 49.3 Å². The minimum atomic E-state index is -0.930. The molecule has 0 unspecified atom stereocenters. The van der Waals surface area contributed by atoms with Gasteiger partial charge in [-0.1, -0.05) is 17.7 Å². The highest BCUT2D eigenvalue weighted by Crippen LogP contribution is 2.14. The normalized spacial score (nSPS) is 11.2. The molecule has 0 aromatic heterocycles. The van der Waals surface area contributed by atoms with Crippen molar-refractivity contribution in [1.29, 1.82) is 0 Å². The predicted octanol–water partition coefficient (Wildman–Crippen LogP) is 2.78. The molecule has 0 spiro atoms. The third-order valence-electron chi connectivity index (χ3n) is 1.77. The van der Waals surface area contributed by atoms with Crippen LogP contribution in [0.1, 0.15) is 6.92 Å². The lowest BCUT2D eigenvalue weighted by Crippen LogP contribution is -2.04. The monoisotopic (exact) mass is 225 g/mol. The second-order valence-corrected chi connectivity index (χ2v) is 3.63. The summed E-state index contributed by atoms with van der Waals surface area (Å²) in [4.78, 5) is 10.3. The number of halogens is 1. The molecule has 3 nitrogen and oxygen atoms in total. The molecule has 0 saturated carbocycles. The van der Waals surface area contributed by atoms with E-state index in [1.165, 1.54) is 6.08 Å². The van der Waals surface area contributed by atoms with Gasteiger partial charge in [-0.25, -0.2) is 4.79 Å². The van der Waals surface area contributed by atoms with Crippen LogP contribution < -0.4 is 5.32 Å². The summed E-state index contributed by atoms with van der Waals surface area (Å²) in [6.45, 7) is 2.25. The fraction of sp³-hybridized carbons (Fsp3) is 0.182. The Labute approximate surface area is 93.4 Å². The van der Waals surface area contributed by atoms with Gasteiger partial charge in [0.15, 0.2) is 0 Å². The standard InChI is InChI=1S/C11H12ClNO2/c1-8(5-11(14)15)7-13-10-4-2-3-9(12)6-10/h2-6,13H,7H2,1H3,(H,14,15)/b8-5-. The first-order valence-corrected chi connectivity index (χ1v) is 4.85. The molecule has 80 valence electrons. The van der Waals surface area contributed by atoms with E-state index in [0.29, 0.717) is 11.6 Å². The maximum Gasteiger partial charge on any atom is 0.328 e. The lowest BCUT2D eigenvalue weighted by atomic mass is 10.2. The maximum absolute atomic E-state index is 10.3. The number of carboxylic acids is 1. The fourth-order valence-corrected chi connectivity index (χ4v) is 1.29. The summed E-state index contributed by atoms with van der Waals surface area (Å²) in [6, 6.07) is 7.28. The first kappa shape index (κ1) is 11.6. The van der Waals surface area contributed by atoms with Gasteiger partial charge in [0.1, 0.15) is 0 Å². The summed E-state index contributed by atoms with van der Waals surface area (Å²) in [5.74, 6) is -0.930. The van der Waals surface area contributed by atoms with Crippen molar-refractivity contribution in [2.75, 3.05) is 11.9 Å². The van der Waals surface area contributed by atoms with Crippen LogP contribution in [0.2, 0.25) is 5.02 Å². The largest absolute Gasteiger partial charge is 0.478 e. The van der Waals surface area contributed by atoms with Gasteiger partial charge in [0.05, 0.1) is 0 Å². The summed E-state index contributed by atoms with van der Waals surface area (Å²) >= 11 is 5.80. The van der Waals surface area contributed by atoms with Gasteiger partial charge >= 0.3 is 5.97 Å². The number of hydrogen-bond donors (Lipinski definition) is 2. The molecule has 1 aromatic rings. The highest BCUT2D eigenvalue weighted by Gasteiger charge is 1.96. The summed E-state index contributed by atoms with van der Waals surface area (Å²) in [6.07, 6.45) is 1.18. The van der Waals surface area contributed by atoms with Crippen LogP contribution in [0.5, 0.6) is 0 Å². The first-order chi connectivity index (χ1) is 7.08. The quantitative estimate of drug-likeness (QED) is 0.775. The van der Waals surface area contributed by atoms with Gasteiger partial charge in [-0.05, 0) is 30.7 Å². The molecule has 0 bridgehead atoms. The van der Waals surface area contributed by atoms with E-state index in [4.69, 9.17) is 16.7 Å². The number of anilines is 1. The zero-order valence-corrected chi connectivity index (χ0v) is 9.08. The van der Waals surface area contributed by atoms with Gasteiger partial charge in [-0.3, -0.25) is 0 Å². The van der Waals surface area contributed by atoms with E-state index in [2.05, 4.69) is 5.32 Å². The van der Waals surface area contributed by atoms with E-state index in [-0.39, 0.29) is 0 Å². The molecule has 0 amide bonds. The van der Waals surface area contributed by atoms with E-state index in [9.17, 15) is 4.79 Å². The van der Waals surface area contributed by atoms with E-state index in [1.54, 1.807) is 19.1 Å². The van der Waals surface area contributed by atoms with Gasteiger partial charge in [-0.15, -0.1) is 0 Å². The molecule has 0 fully saturated rings. The van der Waals surface area contributed by atoms with Crippen LogP contribution >= 0.6 is 11.6 Å². The third kappa shape index (κ3) is 4.51. The molecule has 0 saturated heterocycles. The van der Waals surface area contributed by atoms with Crippen molar-refractivity contribution in [3.8, 4) is 0 Å². The minimum absolute atomic E-state index is 0.493. The van der Waals surface area contributed by atoms with Crippen LogP contribution in [0.25, 0.3) is 0 Å². The van der Waals surface area contributed by atoms with Crippen LogP contribution in [0, 0.1) is 0 Å². The number of carbonyl (C=O) groups is 1. The molecule has 15 heavy (non-hydrogen) atoms. The van der Waals surface area contributed by atoms with Crippen LogP contribution in [0.4, 0.5) is 5.69 Å².